The fraction of sp³-hybridized carbons (Fsp3) is 0.375. The number of nitrogens with one attached hydrogen (secondary N) is 1. The maximum atomic E-state index is 11.2. The Morgan fingerprint density at radius 1 is 1.09 bits per heavy atom. The third kappa shape index (κ3) is 6.51. The van der Waals surface area contributed by atoms with Gasteiger partial charge in [0.1, 0.15) is 12.0 Å². The molecular weight excluding hydrogens is 483 g/mol. The van der Waals surface area contributed by atoms with Gasteiger partial charge in [-0.1, -0.05) is 74.7 Å². The lowest BCUT2D eigenvalue weighted by Gasteiger charge is -2.27. The van der Waals surface area contributed by atoms with Gasteiger partial charge in [0.15, 0.2) is 5.75 Å². The molecule has 1 aromatic heterocycles. The number of halogens is 2. The van der Waals surface area contributed by atoms with E-state index in [0.717, 1.165) is 35.8 Å². The molecule has 0 aliphatic heterocycles. The summed E-state index contributed by atoms with van der Waals surface area (Å²) < 4.78 is 36.0. The smallest absolute Gasteiger partial charge is 0.209 e. The van der Waals surface area contributed by atoms with Gasteiger partial charge in [-0.05, 0) is 29.7 Å². The minimum atomic E-state index is -3.32. The van der Waals surface area contributed by atoms with Gasteiger partial charge in [-0.3, -0.25) is 0 Å². The van der Waals surface area contributed by atoms with Crippen LogP contribution in [0.4, 0.5) is 0 Å². The molecule has 0 aliphatic carbocycles. The molecule has 0 amide bonds. The Balaban J connectivity index is 1.79. The average molecular weight is 511 g/mol. The van der Waals surface area contributed by atoms with Crippen LogP contribution in [-0.4, -0.2) is 26.3 Å². The standard InChI is InChI=1S/C24H28Cl2N2O4S/c1-5-6-11-31-23-19(25)12-18(13-20(23)26)24(2,3)17-9-7-16(8-10-17)21-15-32-22(28-21)14-27-33(4,29)30/h7-10,12-13,15,27H,5-6,11,14H2,1-4H3. The van der Waals surface area contributed by atoms with Crippen molar-refractivity contribution in [2.24, 2.45) is 0 Å². The second-order valence-electron chi connectivity index (χ2n) is 8.39. The summed E-state index contributed by atoms with van der Waals surface area (Å²) in [4.78, 5) is 4.35. The van der Waals surface area contributed by atoms with Crippen LogP contribution >= 0.6 is 23.2 Å². The van der Waals surface area contributed by atoms with Crippen molar-refractivity contribution in [3.8, 4) is 17.0 Å². The van der Waals surface area contributed by atoms with Crippen LogP contribution in [0.1, 0.15) is 50.6 Å². The highest BCUT2D eigenvalue weighted by atomic mass is 35.5. The minimum Gasteiger partial charge on any atom is -0.490 e. The van der Waals surface area contributed by atoms with E-state index in [1.165, 1.54) is 6.26 Å². The fourth-order valence-corrected chi connectivity index (χ4v) is 4.30. The Morgan fingerprint density at radius 3 is 2.30 bits per heavy atom. The molecule has 0 saturated carbocycles. The fourth-order valence-electron chi connectivity index (χ4n) is 3.32. The number of benzene rings is 2. The van der Waals surface area contributed by atoms with Crippen molar-refractivity contribution in [2.75, 3.05) is 12.9 Å². The Hall–Kier alpha value is -2.06. The highest BCUT2D eigenvalue weighted by molar-refractivity contribution is 7.88. The summed E-state index contributed by atoms with van der Waals surface area (Å²) in [6.07, 6.45) is 4.57. The molecule has 0 aliphatic rings. The number of hydrogen-bond acceptors (Lipinski definition) is 5. The molecule has 6 nitrogen and oxygen atoms in total. The number of aromatic nitrogens is 1. The lowest BCUT2D eigenvalue weighted by Crippen LogP contribution is -2.21. The molecule has 33 heavy (non-hydrogen) atoms. The van der Waals surface area contributed by atoms with E-state index in [-0.39, 0.29) is 12.0 Å². The van der Waals surface area contributed by atoms with Crippen LogP contribution in [0.5, 0.6) is 5.75 Å². The van der Waals surface area contributed by atoms with E-state index in [4.69, 9.17) is 32.4 Å². The summed E-state index contributed by atoms with van der Waals surface area (Å²) in [6.45, 7) is 6.89. The summed E-state index contributed by atoms with van der Waals surface area (Å²) in [5, 5.41) is 0.993. The predicted molar refractivity (Wildman–Crippen MR) is 133 cm³/mol. The molecule has 0 atom stereocenters. The zero-order valence-electron chi connectivity index (χ0n) is 19.1. The molecule has 0 fully saturated rings. The molecule has 0 bridgehead atoms. The first kappa shape index (κ1) is 25.6. The van der Waals surface area contributed by atoms with Gasteiger partial charge in [-0.15, -0.1) is 0 Å². The van der Waals surface area contributed by atoms with E-state index in [2.05, 4.69) is 30.5 Å². The Bertz CT molecular complexity index is 1180. The van der Waals surface area contributed by atoms with Crippen LogP contribution in [0.25, 0.3) is 11.3 Å². The highest BCUT2D eigenvalue weighted by Gasteiger charge is 2.26. The molecule has 0 spiro atoms. The van der Waals surface area contributed by atoms with Gasteiger partial charge in [-0.25, -0.2) is 18.1 Å². The Kier molecular flexibility index (Phi) is 8.11. The average Bonchev–Trinajstić information content (AvgIpc) is 3.23. The Labute approximate surface area is 205 Å². The highest BCUT2D eigenvalue weighted by Crippen LogP contribution is 2.40. The van der Waals surface area contributed by atoms with E-state index >= 15 is 0 Å². The van der Waals surface area contributed by atoms with Crippen LogP contribution in [0, 0.1) is 0 Å². The molecule has 9 heteroatoms. The van der Waals surface area contributed by atoms with Crippen molar-refractivity contribution < 1.29 is 17.6 Å². The van der Waals surface area contributed by atoms with E-state index in [9.17, 15) is 8.42 Å². The molecule has 1 heterocycles. The van der Waals surface area contributed by atoms with Gasteiger partial charge >= 0.3 is 0 Å². The zero-order chi connectivity index (χ0) is 24.2. The summed E-state index contributed by atoms with van der Waals surface area (Å²) in [6, 6.07) is 11.8. The van der Waals surface area contributed by atoms with Crippen molar-refractivity contribution in [1.29, 1.82) is 0 Å². The quantitative estimate of drug-likeness (QED) is 0.328. The summed E-state index contributed by atoms with van der Waals surface area (Å²) in [5.74, 6) is 0.819. The van der Waals surface area contributed by atoms with Crippen LogP contribution in [0.15, 0.2) is 47.1 Å². The molecule has 178 valence electrons. The first-order valence-electron chi connectivity index (χ1n) is 10.6. The van der Waals surface area contributed by atoms with Crippen molar-refractivity contribution in [2.45, 2.75) is 45.6 Å². The Morgan fingerprint density at radius 2 is 1.73 bits per heavy atom. The number of oxazole rings is 1. The lowest BCUT2D eigenvalue weighted by atomic mass is 9.78. The number of sulfonamides is 1. The second kappa shape index (κ2) is 10.5. The van der Waals surface area contributed by atoms with Crippen molar-refractivity contribution in [1.82, 2.24) is 9.71 Å². The summed E-state index contributed by atoms with van der Waals surface area (Å²) >= 11 is 13.0. The van der Waals surface area contributed by atoms with Gasteiger partial charge in [0, 0.05) is 11.0 Å². The molecule has 3 rings (SSSR count). The number of unbranched alkanes of at least 4 members (excludes halogenated alkanes) is 1. The van der Waals surface area contributed by atoms with E-state index in [1.54, 1.807) is 0 Å². The third-order valence-electron chi connectivity index (χ3n) is 5.40. The van der Waals surface area contributed by atoms with Crippen molar-refractivity contribution in [3.63, 3.8) is 0 Å². The number of hydrogen-bond donors (Lipinski definition) is 1. The topological polar surface area (TPSA) is 81.4 Å². The third-order valence-corrected chi connectivity index (χ3v) is 6.63. The van der Waals surface area contributed by atoms with E-state index in [1.807, 2.05) is 36.4 Å². The lowest BCUT2D eigenvalue weighted by molar-refractivity contribution is 0.309. The van der Waals surface area contributed by atoms with Gasteiger partial charge in [0.05, 0.1) is 29.5 Å². The maximum Gasteiger partial charge on any atom is 0.209 e. The van der Waals surface area contributed by atoms with Gasteiger partial charge in [0.25, 0.3) is 0 Å². The number of ether oxygens (including phenoxy) is 1. The molecule has 0 unspecified atom stereocenters. The first-order valence-corrected chi connectivity index (χ1v) is 13.3. The molecule has 0 saturated heterocycles. The van der Waals surface area contributed by atoms with Crippen molar-refractivity contribution >= 4 is 33.2 Å². The van der Waals surface area contributed by atoms with Gasteiger partial charge < -0.3 is 9.15 Å². The van der Waals surface area contributed by atoms with E-state index < -0.39 is 10.0 Å². The molecule has 3 aromatic rings. The zero-order valence-corrected chi connectivity index (χ0v) is 21.4. The monoisotopic (exact) mass is 510 g/mol. The second-order valence-corrected chi connectivity index (χ2v) is 11.0. The summed E-state index contributed by atoms with van der Waals surface area (Å²) in [7, 11) is -3.32. The van der Waals surface area contributed by atoms with Crippen LogP contribution in [-0.2, 0) is 22.0 Å². The SMILES string of the molecule is CCCCOc1c(Cl)cc(C(C)(C)c2ccc(-c3coc(CNS(C)(=O)=O)n3)cc2)cc1Cl. The minimum absolute atomic E-state index is 0.00359. The van der Waals surface area contributed by atoms with Crippen LogP contribution < -0.4 is 9.46 Å². The molecule has 1 N–H and O–H groups in total. The first-order chi connectivity index (χ1) is 15.5. The van der Waals surface area contributed by atoms with Crippen LogP contribution in [0.3, 0.4) is 0 Å². The van der Waals surface area contributed by atoms with Gasteiger partial charge in [0.2, 0.25) is 15.9 Å². The molecular formula is C24H28Cl2N2O4S. The summed E-state index contributed by atoms with van der Waals surface area (Å²) in [5.41, 5.74) is 3.18. The van der Waals surface area contributed by atoms with Crippen LogP contribution in [0.2, 0.25) is 10.0 Å². The van der Waals surface area contributed by atoms with E-state index in [0.29, 0.717) is 34.0 Å². The number of nitrogens with zero attached hydrogens (tertiary/aromatic N) is 1. The number of rotatable bonds is 10. The molecule has 0 radical (unpaired) electrons. The normalized spacial score (nSPS) is 12.2. The predicted octanol–water partition coefficient (Wildman–Crippen LogP) is 6.20. The van der Waals surface area contributed by atoms with Crippen molar-refractivity contribution in [3.05, 3.63) is 69.7 Å². The largest absolute Gasteiger partial charge is 0.490 e. The maximum absolute atomic E-state index is 11.2. The molecule has 2 aromatic carbocycles. The van der Waals surface area contributed by atoms with Gasteiger partial charge in [-0.2, -0.15) is 0 Å².